The van der Waals surface area contributed by atoms with Crippen molar-refractivity contribution in [1.82, 2.24) is 10.2 Å². The second-order valence-corrected chi connectivity index (χ2v) is 3.04. The van der Waals surface area contributed by atoms with E-state index in [1.165, 1.54) is 24.3 Å². The zero-order valence-electron chi connectivity index (χ0n) is 7.95. The summed E-state index contributed by atoms with van der Waals surface area (Å²) in [5.74, 6) is -0.240. The highest BCUT2D eigenvalue weighted by molar-refractivity contribution is 5.59. The molecule has 0 aliphatic heterocycles. The lowest BCUT2D eigenvalue weighted by Gasteiger charge is -2.08. The molecule has 6 heteroatoms. The van der Waals surface area contributed by atoms with Crippen LogP contribution in [0.1, 0.15) is 0 Å². The number of nitrogens with one attached hydrogen (secondary N) is 1. The monoisotopic (exact) mass is 228 g/mol. The van der Waals surface area contributed by atoms with Gasteiger partial charge in [-0.05, 0) is 35.9 Å². The van der Waals surface area contributed by atoms with Gasteiger partial charge in [0.15, 0.2) is 0 Å². The molecule has 0 saturated heterocycles. The van der Waals surface area contributed by atoms with Gasteiger partial charge in [0.1, 0.15) is 5.75 Å². The van der Waals surface area contributed by atoms with E-state index in [0.29, 0.717) is 0 Å². The smallest absolute Gasteiger partial charge is 0.406 e. The van der Waals surface area contributed by atoms with Gasteiger partial charge in [-0.3, -0.25) is 5.10 Å². The third-order valence-electron chi connectivity index (χ3n) is 1.90. The second-order valence-electron chi connectivity index (χ2n) is 3.04. The molecule has 0 spiro atoms. The van der Waals surface area contributed by atoms with Crippen LogP contribution in [0, 0.1) is 0 Å². The standard InChI is InChI=1S/C10H7F3N2O/c11-10(12,13)16-8-3-1-7(2-4-8)9-5-6-14-15-9/h1-6H,(H,14,15). The summed E-state index contributed by atoms with van der Waals surface area (Å²) >= 11 is 0. The van der Waals surface area contributed by atoms with Crippen molar-refractivity contribution in [2.45, 2.75) is 6.36 Å². The van der Waals surface area contributed by atoms with Crippen molar-refractivity contribution >= 4 is 0 Å². The average molecular weight is 228 g/mol. The number of hydrogen-bond acceptors (Lipinski definition) is 2. The van der Waals surface area contributed by atoms with Gasteiger partial charge in [0.2, 0.25) is 0 Å². The van der Waals surface area contributed by atoms with Crippen molar-refractivity contribution in [3.05, 3.63) is 36.5 Å². The summed E-state index contributed by atoms with van der Waals surface area (Å²) in [6.45, 7) is 0. The summed E-state index contributed by atoms with van der Waals surface area (Å²) in [6.07, 6.45) is -3.09. The van der Waals surface area contributed by atoms with Gasteiger partial charge in [0, 0.05) is 6.20 Å². The second kappa shape index (κ2) is 3.88. The highest BCUT2D eigenvalue weighted by atomic mass is 19.4. The highest BCUT2D eigenvalue weighted by Crippen LogP contribution is 2.25. The Bertz CT molecular complexity index is 448. The Kier molecular flexibility index (Phi) is 2.55. The molecule has 0 radical (unpaired) electrons. The fourth-order valence-corrected chi connectivity index (χ4v) is 1.25. The van der Waals surface area contributed by atoms with E-state index in [0.717, 1.165) is 11.3 Å². The maximum absolute atomic E-state index is 11.9. The number of ether oxygens (including phenoxy) is 1. The molecule has 0 unspecified atom stereocenters. The Balaban J connectivity index is 2.17. The van der Waals surface area contributed by atoms with Gasteiger partial charge in [0.25, 0.3) is 0 Å². The molecule has 2 rings (SSSR count). The van der Waals surface area contributed by atoms with Crippen LogP contribution in [0.25, 0.3) is 11.3 Å². The van der Waals surface area contributed by atoms with Gasteiger partial charge in [-0.1, -0.05) is 0 Å². The predicted molar refractivity (Wildman–Crippen MR) is 50.7 cm³/mol. The molecule has 84 valence electrons. The normalized spacial score (nSPS) is 11.4. The zero-order valence-corrected chi connectivity index (χ0v) is 7.95. The Hall–Kier alpha value is -1.98. The number of halogens is 3. The van der Waals surface area contributed by atoms with Gasteiger partial charge >= 0.3 is 6.36 Å². The van der Waals surface area contributed by atoms with E-state index in [-0.39, 0.29) is 5.75 Å². The van der Waals surface area contributed by atoms with E-state index in [2.05, 4.69) is 14.9 Å². The summed E-state index contributed by atoms with van der Waals surface area (Å²) in [4.78, 5) is 0. The van der Waals surface area contributed by atoms with Crippen LogP contribution in [-0.4, -0.2) is 16.6 Å². The fraction of sp³-hybridized carbons (Fsp3) is 0.100. The van der Waals surface area contributed by atoms with E-state index >= 15 is 0 Å². The third kappa shape index (κ3) is 2.53. The first-order chi connectivity index (χ1) is 7.54. The molecule has 1 aromatic heterocycles. The van der Waals surface area contributed by atoms with Crippen LogP contribution >= 0.6 is 0 Å². The van der Waals surface area contributed by atoms with Crippen molar-refractivity contribution in [3.8, 4) is 17.0 Å². The highest BCUT2D eigenvalue weighted by Gasteiger charge is 2.30. The first kappa shape index (κ1) is 10.5. The SMILES string of the molecule is FC(F)(F)Oc1ccc(-c2ccn[nH]2)cc1. The van der Waals surface area contributed by atoms with Crippen molar-refractivity contribution in [2.75, 3.05) is 0 Å². The van der Waals surface area contributed by atoms with Crippen molar-refractivity contribution < 1.29 is 17.9 Å². The molecule has 0 aliphatic rings. The van der Waals surface area contributed by atoms with Crippen LogP contribution in [0.15, 0.2) is 36.5 Å². The van der Waals surface area contributed by atoms with Crippen LogP contribution in [0.5, 0.6) is 5.75 Å². The maximum Gasteiger partial charge on any atom is 0.573 e. The molecule has 1 aromatic carbocycles. The van der Waals surface area contributed by atoms with Crippen LogP contribution < -0.4 is 4.74 Å². The van der Waals surface area contributed by atoms with Crippen molar-refractivity contribution in [3.63, 3.8) is 0 Å². The maximum atomic E-state index is 11.9. The van der Waals surface area contributed by atoms with Crippen LogP contribution in [0.3, 0.4) is 0 Å². The number of hydrogen-bond donors (Lipinski definition) is 1. The van der Waals surface area contributed by atoms with E-state index < -0.39 is 6.36 Å². The first-order valence-corrected chi connectivity index (χ1v) is 4.40. The average Bonchev–Trinajstić information content (AvgIpc) is 2.69. The molecular weight excluding hydrogens is 221 g/mol. The summed E-state index contributed by atoms with van der Waals surface area (Å²) in [5.41, 5.74) is 1.48. The number of aromatic amines is 1. The zero-order chi connectivity index (χ0) is 11.6. The number of rotatable bonds is 2. The van der Waals surface area contributed by atoms with E-state index in [4.69, 9.17) is 0 Å². The molecule has 1 heterocycles. The van der Waals surface area contributed by atoms with Gasteiger partial charge in [-0.2, -0.15) is 5.10 Å². The molecule has 2 aromatic rings. The fourth-order valence-electron chi connectivity index (χ4n) is 1.25. The summed E-state index contributed by atoms with van der Waals surface area (Å²) in [6, 6.07) is 7.27. The minimum Gasteiger partial charge on any atom is -0.406 e. The van der Waals surface area contributed by atoms with Gasteiger partial charge in [-0.25, -0.2) is 0 Å². The van der Waals surface area contributed by atoms with E-state index in [1.807, 2.05) is 0 Å². The first-order valence-electron chi connectivity index (χ1n) is 4.40. The minimum atomic E-state index is -4.66. The molecule has 1 N–H and O–H groups in total. The largest absolute Gasteiger partial charge is 0.573 e. The quantitative estimate of drug-likeness (QED) is 0.857. The molecule has 16 heavy (non-hydrogen) atoms. The molecule has 0 aliphatic carbocycles. The molecule has 0 saturated carbocycles. The van der Waals surface area contributed by atoms with Crippen LogP contribution in [-0.2, 0) is 0 Å². The van der Waals surface area contributed by atoms with Gasteiger partial charge in [-0.15, -0.1) is 13.2 Å². The number of aromatic nitrogens is 2. The van der Waals surface area contributed by atoms with Crippen molar-refractivity contribution in [1.29, 1.82) is 0 Å². The molecule has 0 fully saturated rings. The lowest BCUT2D eigenvalue weighted by atomic mass is 10.1. The topological polar surface area (TPSA) is 37.9 Å². The molecule has 3 nitrogen and oxygen atoms in total. The number of nitrogens with zero attached hydrogens (tertiary/aromatic N) is 1. The minimum absolute atomic E-state index is 0.240. The van der Waals surface area contributed by atoms with Crippen LogP contribution in [0.4, 0.5) is 13.2 Å². The number of benzene rings is 1. The molecule has 0 bridgehead atoms. The van der Waals surface area contributed by atoms with Gasteiger partial charge < -0.3 is 4.74 Å². The van der Waals surface area contributed by atoms with Crippen molar-refractivity contribution in [2.24, 2.45) is 0 Å². The Labute approximate surface area is 88.9 Å². The molecular formula is C10H7F3N2O. The predicted octanol–water partition coefficient (Wildman–Crippen LogP) is 2.98. The van der Waals surface area contributed by atoms with E-state index in [9.17, 15) is 13.2 Å². The molecule has 0 amide bonds. The molecule has 0 atom stereocenters. The summed E-state index contributed by atoms with van der Waals surface area (Å²) in [7, 11) is 0. The Morgan fingerprint density at radius 2 is 1.75 bits per heavy atom. The lowest BCUT2D eigenvalue weighted by Crippen LogP contribution is -2.16. The van der Waals surface area contributed by atoms with Crippen LogP contribution in [0.2, 0.25) is 0 Å². The summed E-state index contributed by atoms with van der Waals surface area (Å²) < 4.78 is 39.4. The third-order valence-corrected chi connectivity index (χ3v) is 1.90. The Morgan fingerprint density at radius 1 is 1.06 bits per heavy atom. The lowest BCUT2D eigenvalue weighted by molar-refractivity contribution is -0.274. The van der Waals surface area contributed by atoms with E-state index in [1.54, 1.807) is 12.3 Å². The number of H-pyrrole nitrogens is 1. The Morgan fingerprint density at radius 3 is 2.25 bits per heavy atom. The van der Waals surface area contributed by atoms with Gasteiger partial charge in [0.05, 0.1) is 5.69 Å². The number of alkyl halides is 3. The summed E-state index contributed by atoms with van der Waals surface area (Å²) in [5, 5.41) is 6.45.